The van der Waals surface area contributed by atoms with Gasteiger partial charge in [-0.2, -0.15) is 0 Å². The molecule has 15 nitrogen and oxygen atoms in total. The van der Waals surface area contributed by atoms with Crippen LogP contribution in [-0.2, 0) is 24.5 Å². The Hall–Kier alpha value is -5.41. The molecule has 4 N–H and O–H groups in total. The van der Waals surface area contributed by atoms with Crippen LogP contribution in [0.15, 0.2) is 67.0 Å². The number of carbonyl (C=O) groups is 2. The molecule has 1 atom stereocenters. The zero-order valence-corrected chi connectivity index (χ0v) is 33.1. The van der Waals surface area contributed by atoms with Crippen LogP contribution in [0.1, 0.15) is 83.1 Å². The summed E-state index contributed by atoms with van der Waals surface area (Å²) in [6, 6.07) is 18.0. The van der Waals surface area contributed by atoms with E-state index in [1.807, 2.05) is 57.2 Å². The summed E-state index contributed by atoms with van der Waals surface area (Å²) in [5, 5.41) is 25.3. The molecule has 2 aromatic heterocycles. The number of aromatic amines is 1. The summed E-state index contributed by atoms with van der Waals surface area (Å²) in [4.78, 5) is 32.8. The van der Waals surface area contributed by atoms with E-state index in [2.05, 4.69) is 49.0 Å². The van der Waals surface area contributed by atoms with E-state index in [1.165, 1.54) is 0 Å². The number of piperidine rings is 1. The molecule has 306 valence electrons. The summed E-state index contributed by atoms with van der Waals surface area (Å²) in [5.74, 6) is 2.04. The molecule has 0 spiro atoms. The number of H-pyrrole nitrogens is 1. The lowest BCUT2D eigenvalue weighted by molar-refractivity contribution is -0.142. The normalized spacial score (nSPS) is 16.3. The van der Waals surface area contributed by atoms with Gasteiger partial charge in [0.1, 0.15) is 29.2 Å². The Morgan fingerprint density at radius 3 is 2.47 bits per heavy atom. The first kappa shape index (κ1) is 41.2. The van der Waals surface area contributed by atoms with Gasteiger partial charge in [0.15, 0.2) is 11.6 Å². The van der Waals surface area contributed by atoms with E-state index in [4.69, 9.17) is 28.8 Å². The molecule has 2 aliphatic heterocycles. The largest absolute Gasteiger partial charge is 0.494 e. The molecule has 0 bridgehead atoms. The van der Waals surface area contributed by atoms with Crippen LogP contribution >= 0.6 is 0 Å². The number of nitrogens with zero attached hydrogens (tertiary/aromatic N) is 4. The lowest BCUT2D eigenvalue weighted by Crippen LogP contribution is -2.50. The monoisotopic (exact) mass is 785 g/mol. The van der Waals surface area contributed by atoms with Gasteiger partial charge in [-0.15, -0.1) is 10.2 Å². The Bertz CT molecular complexity index is 1890. The van der Waals surface area contributed by atoms with E-state index in [0.717, 1.165) is 59.7 Å². The third-order valence-electron chi connectivity index (χ3n) is 9.78. The lowest BCUT2D eigenvalue weighted by Gasteiger charge is -2.41. The Kier molecular flexibility index (Phi) is 14.2. The molecule has 1 saturated heterocycles. The average Bonchev–Trinajstić information content (AvgIpc) is 3.70. The molecular weight excluding hydrogens is 731 g/mol. The number of nitrogens with one attached hydrogen (secondary N) is 3. The number of carboxylic acid groups (broad SMARTS) is 1. The summed E-state index contributed by atoms with van der Waals surface area (Å²) in [5.41, 5.74) is 2.60. The Balaban J connectivity index is 1.06. The van der Waals surface area contributed by atoms with Crippen LogP contribution in [0, 0.1) is 0 Å². The molecule has 1 fully saturated rings. The van der Waals surface area contributed by atoms with E-state index in [1.54, 1.807) is 17.3 Å². The van der Waals surface area contributed by atoms with E-state index in [-0.39, 0.29) is 18.7 Å². The molecule has 4 heterocycles. The number of carboxylic acids is 1. The number of benzene rings is 2. The molecule has 1 unspecified atom stereocenters. The standard InChI is InChI=1S/C42H55N7O8/c1-41(2,3)57-40(52)49-20-16-42(17-21-49,39-45-38(47-48-39)30-13-18-43-19-14-30)46-32-10-7-9-31(27-32)44-35-15-26-56-36-12-11-33(28-34(35)36)55-25-6-4-5-22-53-23-8-24-54-29-37(50)51/h7,9-14,18-19,27-28,35,44,46H,4-6,8,15-17,20-26,29H2,1-3H3,(H,50,51)(H,45,47,48). The topological polar surface area (TPSA) is 182 Å². The van der Waals surface area contributed by atoms with Gasteiger partial charge in [0.05, 0.1) is 19.3 Å². The number of amides is 1. The first-order chi connectivity index (χ1) is 27.6. The van der Waals surface area contributed by atoms with Crippen LogP contribution in [0.3, 0.4) is 0 Å². The van der Waals surface area contributed by atoms with Crippen molar-refractivity contribution in [2.24, 2.45) is 0 Å². The Labute approximate surface area is 333 Å². The third-order valence-corrected chi connectivity index (χ3v) is 9.78. The summed E-state index contributed by atoms with van der Waals surface area (Å²) in [6.07, 6.45) is 8.58. The molecule has 0 radical (unpaired) electrons. The number of aliphatic carboxylic acids is 1. The van der Waals surface area contributed by atoms with Gasteiger partial charge in [0.2, 0.25) is 0 Å². The summed E-state index contributed by atoms with van der Waals surface area (Å²) in [6.45, 7) is 9.11. The second-order valence-corrected chi connectivity index (χ2v) is 15.4. The number of unbranched alkanes of at least 4 members (excludes halogenated alkanes) is 2. The van der Waals surface area contributed by atoms with Crippen molar-refractivity contribution < 1.29 is 38.4 Å². The fourth-order valence-electron chi connectivity index (χ4n) is 6.91. The van der Waals surface area contributed by atoms with Gasteiger partial charge in [-0.1, -0.05) is 6.07 Å². The highest BCUT2D eigenvalue weighted by atomic mass is 16.6. The summed E-state index contributed by atoms with van der Waals surface area (Å²) >= 11 is 0. The summed E-state index contributed by atoms with van der Waals surface area (Å²) < 4.78 is 28.5. The fraction of sp³-hybridized carbons (Fsp3) is 0.500. The molecule has 15 heteroatoms. The minimum absolute atomic E-state index is 0.0162. The molecule has 57 heavy (non-hydrogen) atoms. The first-order valence-electron chi connectivity index (χ1n) is 19.8. The van der Waals surface area contributed by atoms with Crippen molar-refractivity contribution in [2.75, 3.05) is 63.4 Å². The van der Waals surface area contributed by atoms with Crippen molar-refractivity contribution in [3.63, 3.8) is 0 Å². The quantitative estimate of drug-likeness (QED) is 0.0702. The van der Waals surface area contributed by atoms with Gasteiger partial charge in [0, 0.05) is 74.2 Å². The Morgan fingerprint density at radius 1 is 0.930 bits per heavy atom. The van der Waals surface area contributed by atoms with Crippen molar-refractivity contribution >= 4 is 23.4 Å². The van der Waals surface area contributed by atoms with Crippen molar-refractivity contribution in [3.05, 3.63) is 78.4 Å². The highest BCUT2D eigenvalue weighted by molar-refractivity contribution is 5.69. The van der Waals surface area contributed by atoms with Gasteiger partial charge in [-0.25, -0.2) is 9.59 Å². The predicted octanol–water partition coefficient (Wildman–Crippen LogP) is 7.20. The van der Waals surface area contributed by atoms with Crippen molar-refractivity contribution in [2.45, 2.75) is 82.9 Å². The number of hydrogen-bond donors (Lipinski definition) is 4. The molecule has 0 aliphatic carbocycles. The molecule has 4 aromatic rings. The number of ether oxygens (including phenoxy) is 5. The minimum Gasteiger partial charge on any atom is -0.494 e. The van der Waals surface area contributed by atoms with Crippen LogP contribution in [-0.4, -0.2) is 101 Å². The van der Waals surface area contributed by atoms with Gasteiger partial charge < -0.3 is 49.3 Å². The fourth-order valence-corrected chi connectivity index (χ4v) is 6.91. The number of hydrogen-bond acceptors (Lipinski definition) is 12. The maximum Gasteiger partial charge on any atom is 0.410 e. The van der Waals surface area contributed by atoms with E-state index in [0.29, 0.717) is 77.0 Å². The van der Waals surface area contributed by atoms with Gasteiger partial charge >= 0.3 is 12.1 Å². The highest BCUT2D eigenvalue weighted by Gasteiger charge is 2.41. The third kappa shape index (κ3) is 12.0. The van der Waals surface area contributed by atoms with Crippen LogP contribution in [0.5, 0.6) is 11.5 Å². The highest BCUT2D eigenvalue weighted by Crippen LogP contribution is 2.39. The number of fused-ring (bicyclic) bond motifs is 1. The SMILES string of the molecule is CC(C)(C)OC(=O)N1CCC(Nc2cccc(NC3CCOc4ccc(OCCCCCOCCCOCC(=O)O)cc43)c2)(c2nnc(-c3ccncc3)[nH]2)CC1. The average molecular weight is 786 g/mol. The predicted molar refractivity (Wildman–Crippen MR) is 215 cm³/mol. The van der Waals surface area contributed by atoms with Crippen LogP contribution in [0.25, 0.3) is 11.4 Å². The maximum absolute atomic E-state index is 13.0. The van der Waals surface area contributed by atoms with Crippen molar-refractivity contribution in [1.82, 2.24) is 25.1 Å². The summed E-state index contributed by atoms with van der Waals surface area (Å²) in [7, 11) is 0. The van der Waals surface area contributed by atoms with Crippen molar-refractivity contribution in [1.29, 1.82) is 0 Å². The van der Waals surface area contributed by atoms with E-state index in [9.17, 15) is 9.59 Å². The smallest absolute Gasteiger partial charge is 0.410 e. The lowest BCUT2D eigenvalue weighted by atomic mass is 9.86. The second-order valence-electron chi connectivity index (χ2n) is 15.4. The first-order valence-corrected chi connectivity index (χ1v) is 19.8. The van der Waals surface area contributed by atoms with E-state index < -0.39 is 17.1 Å². The van der Waals surface area contributed by atoms with Gasteiger partial charge in [0.25, 0.3) is 0 Å². The maximum atomic E-state index is 13.0. The van der Waals surface area contributed by atoms with Crippen LogP contribution in [0.4, 0.5) is 16.2 Å². The number of aromatic nitrogens is 4. The molecule has 1 amide bonds. The van der Waals surface area contributed by atoms with Gasteiger partial charge in [-0.3, -0.25) is 4.98 Å². The molecule has 2 aliphatic rings. The van der Waals surface area contributed by atoms with Crippen molar-refractivity contribution in [3.8, 4) is 22.9 Å². The number of pyridine rings is 1. The van der Waals surface area contributed by atoms with Gasteiger partial charge in [-0.05, 0) is 108 Å². The zero-order chi connectivity index (χ0) is 40.1. The zero-order valence-electron chi connectivity index (χ0n) is 33.1. The number of rotatable bonds is 19. The van der Waals surface area contributed by atoms with Crippen LogP contribution in [0.2, 0.25) is 0 Å². The van der Waals surface area contributed by atoms with Crippen LogP contribution < -0.4 is 20.1 Å². The molecular formula is C42H55N7O8. The molecule has 6 rings (SSSR count). The second kappa shape index (κ2) is 19.6. The molecule has 2 aromatic carbocycles. The minimum atomic E-state index is -0.962. The number of anilines is 2. The van der Waals surface area contributed by atoms with E-state index >= 15 is 0 Å². The Morgan fingerprint density at radius 2 is 1.68 bits per heavy atom. The number of likely N-dealkylation sites (tertiary alicyclic amines) is 1. The molecule has 0 saturated carbocycles. The number of carbonyl (C=O) groups excluding carboxylic acids is 1.